The highest BCUT2D eigenvalue weighted by Gasteiger charge is 2.29. The summed E-state index contributed by atoms with van der Waals surface area (Å²) in [5, 5.41) is 9.53. The number of aryl methyl sites for hydroxylation is 2. The molecule has 1 aliphatic heterocycles. The molecule has 2 atom stereocenters. The molecule has 0 bridgehead atoms. The van der Waals surface area contributed by atoms with Crippen molar-refractivity contribution in [2.24, 2.45) is 11.8 Å². The van der Waals surface area contributed by atoms with E-state index in [0.717, 1.165) is 31.8 Å². The number of aliphatic hydroxyl groups excluding tert-OH is 1. The van der Waals surface area contributed by atoms with E-state index in [4.69, 9.17) is 0 Å². The molecule has 0 unspecified atom stereocenters. The summed E-state index contributed by atoms with van der Waals surface area (Å²) in [6.07, 6.45) is 6.10. The molecule has 23 heavy (non-hydrogen) atoms. The molecule has 0 spiro atoms. The van der Waals surface area contributed by atoms with E-state index in [2.05, 4.69) is 35.5 Å². The van der Waals surface area contributed by atoms with Gasteiger partial charge in [0.25, 0.3) is 0 Å². The smallest absolute Gasteiger partial charge is 0.224 e. The molecule has 1 N–H and O–H groups in total. The molecule has 1 aromatic rings. The summed E-state index contributed by atoms with van der Waals surface area (Å²) in [6, 6.07) is 0. The Kier molecular flexibility index (Phi) is 6.59. The maximum Gasteiger partial charge on any atom is 0.224 e. The van der Waals surface area contributed by atoms with E-state index < -0.39 is 0 Å². The van der Waals surface area contributed by atoms with Gasteiger partial charge in [0.05, 0.1) is 0 Å². The molecular formula is C17H30N4O2. The van der Waals surface area contributed by atoms with Crippen LogP contribution >= 0.6 is 0 Å². The predicted molar refractivity (Wildman–Crippen MR) is 90.0 cm³/mol. The van der Waals surface area contributed by atoms with Gasteiger partial charge < -0.3 is 19.5 Å². The SMILES string of the molecule is CCc1nccn1CCC(=O)N1C[C@H](CO)C[C@H](CN(C)C)C1. The first-order chi connectivity index (χ1) is 11.0. The second kappa shape index (κ2) is 8.45. The number of amides is 1. The monoisotopic (exact) mass is 322 g/mol. The molecule has 2 heterocycles. The van der Waals surface area contributed by atoms with Gasteiger partial charge >= 0.3 is 0 Å². The summed E-state index contributed by atoms with van der Waals surface area (Å²) < 4.78 is 2.06. The third-order valence-corrected chi connectivity index (χ3v) is 4.54. The molecule has 1 saturated heterocycles. The average molecular weight is 322 g/mol. The molecule has 1 fully saturated rings. The molecule has 0 aromatic carbocycles. The summed E-state index contributed by atoms with van der Waals surface area (Å²) in [5.41, 5.74) is 0. The molecule has 0 saturated carbocycles. The minimum atomic E-state index is 0.162. The lowest BCUT2D eigenvalue weighted by atomic mass is 9.89. The first kappa shape index (κ1) is 17.9. The summed E-state index contributed by atoms with van der Waals surface area (Å²) in [7, 11) is 4.11. The number of rotatable bonds is 7. The number of carbonyl (C=O) groups is 1. The van der Waals surface area contributed by atoms with Crippen molar-refractivity contribution in [3.8, 4) is 0 Å². The van der Waals surface area contributed by atoms with Crippen LogP contribution in [0, 0.1) is 11.8 Å². The van der Waals surface area contributed by atoms with Crippen molar-refractivity contribution < 1.29 is 9.90 Å². The quantitative estimate of drug-likeness (QED) is 0.809. The van der Waals surface area contributed by atoms with Crippen LogP contribution in [0.15, 0.2) is 12.4 Å². The number of imidazole rings is 1. The zero-order chi connectivity index (χ0) is 16.8. The number of aliphatic hydroxyl groups is 1. The Morgan fingerprint density at radius 3 is 2.78 bits per heavy atom. The standard InChI is InChI=1S/C17H30N4O2/c1-4-16-18-6-8-20(16)7-5-17(23)21-11-14(10-19(2)3)9-15(12-21)13-22/h6,8,14-15,22H,4-5,7,9-13H2,1-3H3/t14-,15-/m1/s1. The first-order valence-corrected chi connectivity index (χ1v) is 8.56. The van der Waals surface area contributed by atoms with E-state index in [1.165, 1.54) is 0 Å². The normalized spacial score (nSPS) is 21.9. The molecule has 1 aromatic heterocycles. The molecule has 2 rings (SSSR count). The van der Waals surface area contributed by atoms with Crippen molar-refractivity contribution in [2.45, 2.75) is 32.7 Å². The lowest BCUT2D eigenvalue weighted by Crippen LogP contribution is -2.47. The zero-order valence-electron chi connectivity index (χ0n) is 14.6. The van der Waals surface area contributed by atoms with Gasteiger partial charge in [-0.3, -0.25) is 4.79 Å². The summed E-state index contributed by atoms with van der Waals surface area (Å²) in [6.45, 7) is 5.36. The number of hydrogen-bond acceptors (Lipinski definition) is 4. The molecular weight excluding hydrogens is 292 g/mol. The van der Waals surface area contributed by atoms with E-state index in [1.54, 1.807) is 6.20 Å². The summed E-state index contributed by atoms with van der Waals surface area (Å²) in [5.74, 6) is 1.86. The Hall–Kier alpha value is -1.40. The summed E-state index contributed by atoms with van der Waals surface area (Å²) in [4.78, 5) is 21.0. The van der Waals surface area contributed by atoms with Gasteiger partial charge in [0, 0.05) is 58.0 Å². The van der Waals surface area contributed by atoms with Crippen LogP contribution in [0.1, 0.15) is 25.6 Å². The van der Waals surface area contributed by atoms with Crippen LogP contribution < -0.4 is 0 Å². The van der Waals surface area contributed by atoms with Crippen LogP contribution in [0.5, 0.6) is 0 Å². The fourth-order valence-electron chi connectivity index (χ4n) is 3.54. The zero-order valence-corrected chi connectivity index (χ0v) is 14.6. The van der Waals surface area contributed by atoms with Gasteiger partial charge in [0.2, 0.25) is 5.91 Å². The van der Waals surface area contributed by atoms with E-state index in [-0.39, 0.29) is 18.4 Å². The van der Waals surface area contributed by atoms with Gasteiger partial charge in [0.15, 0.2) is 0 Å². The fourth-order valence-corrected chi connectivity index (χ4v) is 3.54. The Balaban J connectivity index is 1.91. The summed E-state index contributed by atoms with van der Waals surface area (Å²) >= 11 is 0. The molecule has 130 valence electrons. The lowest BCUT2D eigenvalue weighted by molar-refractivity contribution is -0.134. The highest BCUT2D eigenvalue weighted by atomic mass is 16.3. The van der Waals surface area contributed by atoms with Gasteiger partial charge in [-0.2, -0.15) is 0 Å². The van der Waals surface area contributed by atoms with Crippen molar-refractivity contribution in [1.82, 2.24) is 19.4 Å². The van der Waals surface area contributed by atoms with Crippen molar-refractivity contribution in [3.63, 3.8) is 0 Å². The maximum atomic E-state index is 12.6. The number of hydrogen-bond donors (Lipinski definition) is 1. The van der Waals surface area contributed by atoms with Crippen molar-refractivity contribution >= 4 is 5.91 Å². The minimum absolute atomic E-state index is 0.162. The highest BCUT2D eigenvalue weighted by Crippen LogP contribution is 2.23. The van der Waals surface area contributed by atoms with E-state index >= 15 is 0 Å². The molecule has 1 aliphatic rings. The van der Waals surface area contributed by atoms with Crippen LogP contribution in [-0.2, 0) is 17.8 Å². The van der Waals surface area contributed by atoms with Crippen LogP contribution in [0.3, 0.4) is 0 Å². The average Bonchev–Trinajstić information content (AvgIpc) is 2.99. The fraction of sp³-hybridized carbons (Fsp3) is 0.765. The molecule has 0 radical (unpaired) electrons. The lowest BCUT2D eigenvalue weighted by Gasteiger charge is -2.38. The maximum absolute atomic E-state index is 12.6. The van der Waals surface area contributed by atoms with Crippen LogP contribution in [0.2, 0.25) is 0 Å². The van der Waals surface area contributed by atoms with Gasteiger partial charge in [-0.15, -0.1) is 0 Å². The van der Waals surface area contributed by atoms with E-state index in [1.807, 2.05) is 11.1 Å². The number of likely N-dealkylation sites (tertiary alicyclic amines) is 1. The van der Waals surface area contributed by atoms with Crippen molar-refractivity contribution in [2.75, 3.05) is 40.3 Å². The van der Waals surface area contributed by atoms with Crippen LogP contribution in [0.25, 0.3) is 0 Å². The van der Waals surface area contributed by atoms with Crippen LogP contribution in [-0.4, -0.2) is 70.7 Å². The number of piperidine rings is 1. The molecule has 1 amide bonds. The minimum Gasteiger partial charge on any atom is -0.396 e. The van der Waals surface area contributed by atoms with Gasteiger partial charge in [0.1, 0.15) is 5.82 Å². The molecule has 6 heteroatoms. The Morgan fingerprint density at radius 1 is 1.39 bits per heavy atom. The second-order valence-electron chi connectivity index (χ2n) is 6.85. The predicted octanol–water partition coefficient (Wildman–Crippen LogP) is 0.854. The first-order valence-electron chi connectivity index (χ1n) is 8.56. The Morgan fingerprint density at radius 2 is 2.13 bits per heavy atom. The second-order valence-corrected chi connectivity index (χ2v) is 6.85. The Bertz CT molecular complexity index is 501. The molecule has 6 nitrogen and oxygen atoms in total. The van der Waals surface area contributed by atoms with Crippen molar-refractivity contribution in [3.05, 3.63) is 18.2 Å². The number of aromatic nitrogens is 2. The third kappa shape index (κ3) is 5.04. The van der Waals surface area contributed by atoms with E-state index in [0.29, 0.717) is 25.4 Å². The van der Waals surface area contributed by atoms with Gasteiger partial charge in [-0.05, 0) is 32.4 Å². The third-order valence-electron chi connectivity index (χ3n) is 4.54. The van der Waals surface area contributed by atoms with Crippen molar-refractivity contribution in [1.29, 1.82) is 0 Å². The highest BCUT2D eigenvalue weighted by molar-refractivity contribution is 5.76. The van der Waals surface area contributed by atoms with Gasteiger partial charge in [-0.1, -0.05) is 6.92 Å². The molecule has 0 aliphatic carbocycles. The Labute approximate surface area is 139 Å². The van der Waals surface area contributed by atoms with Crippen LogP contribution in [0.4, 0.5) is 0 Å². The number of carbonyl (C=O) groups excluding carboxylic acids is 1. The van der Waals surface area contributed by atoms with E-state index in [9.17, 15) is 9.90 Å². The topological polar surface area (TPSA) is 61.6 Å². The number of nitrogens with zero attached hydrogens (tertiary/aromatic N) is 4. The largest absolute Gasteiger partial charge is 0.396 e. The van der Waals surface area contributed by atoms with Gasteiger partial charge in [-0.25, -0.2) is 4.98 Å².